The van der Waals surface area contributed by atoms with Gasteiger partial charge in [0.05, 0.1) is 7.05 Å². The number of hydrogen-bond donors (Lipinski definition) is 0. The Balaban J connectivity index is 1.73. The van der Waals surface area contributed by atoms with Gasteiger partial charge >= 0.3 is 0 Å². The highest BCUT2D eigenvalue weighted by molar-refractivity contribution is 5.30. The molecule has 0 aliphatic heterocycles. The number of nitrogens with zero attached hydrogens (tertiary/aromatic N) is 2. The minimum absolute atomic E-state index is 0.0226. The van der Waals surface area contributed by atoms with Crippen LogP contribution in [0.5, 0.6) is 0 Å². The molecule has 2 aromatic carbocycles. The van der Waals surface area contributed by atoms with E-state index in [1.807, 2.05) is 0 Å². The van der Waals surface area contributed by atoms with Crippen LogP contribution in [0.4, 0.5) is 0 Å². The van der Waals surface area contributed by atoms with Gasteiger partial charge in [0.1, 0.15) is 18.4 Å². The molecule has 3 aromatic rings. The van der Waals surface area contributed by atoms with E-state index in [1.54, 1.807) is 0 Å². The zero-order valence-electron chi connectivity index (χ0n) is 21.3. The Kier molecular flexibility index (Phi) is 10.2. The van der Waals surface area contributed by atoms with E-state index in [1.165, 1.54) is 75.3 Å². The summed E-state index contributed by atoms with van der Waals surface area (Å²) in [6.07, 6.45) is 21.3. The number of unbranched alkanes of at least 4 members (excludes halogenated alkanes) is 8. The van der Waals surface area contributed by atoms with Crippen molar-refractivity contribution in [2.24, 2.45) is 7.05 Å². The lowest BCUT2D eigenvalue weighted by Crippen LogP contribution is -2.37. The van der Waals surface area contributed by atoms with Gasteiger partial charge < -0.3 is 0 Å². The SMILES string of the molecule is CCCCCCCCCCCC(n1cc[n+](C)c1)C(C)(Cc1ccccc1)c1ccccc1. The lowest BCUT2D eigenvalue weighted by atomic mass is 9.70. The molecule has 0 saturated carbocycles. The van der Waals surface area contributed by atoms with E-state index in [4.69, 9.17) is 0 Å². The van der Waals surface area contributed by atoms with Crippen LogP contribution in [0.1, 0.15) is 95.2 Å². The third-order valence-corrected chi connectivity index (χ3v) is 7.31. The number of aromatic nitrogens is 2. The molecule has 178 valence electrons. The average molecular weight is 446 g/mol. The highest BCUT2D eigenvalue weighted by Crippen LogP contribution is 2.41. The maximum Gasteiger partial charge on any atom is 0.243 e. The maximum absolute atomic E-state index is 2.48. The van der Waals surface area contributed by atoms with Gasteiger partial charge in [0, 0.05) is 5.41 Å². The van der Waals surface area contributed by atoms with Gasteiger partial charge in [-0.1, -0.05) is 126 Å². The Labute approximate surface area is 202 Å². The molecule has 0 saturated heterocycles. The van der Waals surface area contributed by atoms with Crippen molar-refractivity contribution >= 4 is 0 Å². The van der Waals surface area contributed by atoms with E-state index in [9.17, 15) is 0 Å². The quantitative estimate of drug-likeness (QED) is 0.166. The molecule has 1 heterocycles. The first-order valence-electron chi connectivity index (χ1n) is 13.3. The van der Waals surface area contributed by atoms with Crippen molar-refractivity contribution in [2.75, 3.05) is 0 Å². The minimum Gasteiger partial charge on any atom is -0.240 e. The fraction of sp³-hybridized carbons (Fsp3) is 0.516. The molecule has 2 nitrogen and oxygen atoms in total. The summed E-state index contributed by atoms with van der Waals surface area (Å²) in [6, 6.07) is 22.6. The van der Waals surface area contributed by atoms with Gasteiger partial charge in [0.15, 0.2) is 0 Å². The summed E-state index contributed by atoms with van der Waals surface area (Å²) in [5.74, 6) is 0. The predicted molar refractivity (Wildman–Crippen MR) is 140 cm³/mol. The molecule has 3 rings (SSSR count). The van der Waals surface area contributed by atoms with E-state index in [-0.39, 0.29) is 5.41 Å². The second-order valence-electron chi connectivity index (χ2n) is 10.1. The molecule has 0 bridgehead atoms. The normalized spacial score (nSPS) is 14.2. The van der Waals surface area contributed by atoms with Gasteiger partial charge in [0.2, 0.25) is 6.33 Å². The largest absolute Gasteiger partial charge is 0.243 e. The number of hydrogen-bond acceptors (Lipinski definition) is 0. The molecule has 1 aromatic heterocycles. The zero-order chi connectivity index (χ0) is 23.4. The van der Waals surface area contributed by atoms with Crippen molar-refractivity contribution in [1.82, 2.24) is 4.57 Å². The molecule has 0 N–H and O–H groups in total. The van der Waals surface area contributed by atoms with Crippen LogP contribution in [0, 0.1) is 0 Å². The Hall–Kier alpha value is -2.35. The highest BCUT2D eigenvalue weighted by atomic mass is 15.1. The van der Waals surface area contributed by atoms with E-state index >= 15 is 0 Å². The van der Waals surface area contributed by atoms with Crippen LogP contribution in [0.2, 0.25) is 0 Å². The summed E-state index contributed by atoms with van der Waals surface area (Å²) in [4.78, 5) is 0. The summed E-state index contributed by atoms with van der Waals surface area (Å²) in [5.41, 5.74) is 2.87. The standard InChI is InChI=1S/C31H45N2/c1-4-5-6-7-8-9-10-11-18-23-30(33-25-24-32(3)27-33)31(2,29-21-16-13-17-22-29)26-28-19-14-12-15-20-28/h12-17,19-22,24-25,27,30H,4-11,18,23,26H2,1-3H3/q+1. The number of imidazole rings is 1. The first kappa shape index (κ1) is 25.3. The summed E-state index contributed by atoms with van der Waals surface area (Å²) in [7, 11) is 2.13. The molecular formula is C31H45N2+. The Morgan fingerprint density at radius 3 is 1.94 bits per heavy atom. The van der Waals surface area contributed by atoms with Crippen LogP contribution < -0.4 is 4.57 Å². The van der Waals surface area contributed by atoms with Gasteiger partial charge in [-0.05, 0) is 30.4 Å². The fourth-order valence-electron chi connectivity index (χ4n) is 5.35. The van der Waals surface area contributed by atoms with Crippen molar-refractivity contribution in [3.63, 3.8) is 0 Å². The molecule has 0 aliphatic rings. The van der Waals surface area contributed by atoms with Crippen LogP contribution in [0.3, 0.4) is 0 Å². The van der Waals surface area contributed by atoms with E-state index < -0.39 is 0 Å². The van der Waals surface area contributed by atoms with Crippen LogP contribution in [0.15, 0.2) is 79.4 Å². The lowest BCUT2D eigenvalue weighted by Gasteiger charge is -2.37. The average Bonchev–Trinajstić information content (AvgIpc) is 3.27. The molecule has 0 aliphatic carbocycles. The molecule has 2 heteroatoms. The van der Waals surface area contributed by atoms with Gasteiger partial charge in [-0.15, -0.1) is 0 Å². The monoisotopic (exact) mass is 445 g/mol. The summed E-state index contributed by atoms with van der Waals surface area (Å²) in [6.45, 7) is 4.77. The van der Waals surface area contributed by atoms with Crippen molar-refractivity contribution in [3.05, 3.63) is 90.5 Å². The Bertz CT molecular complexity index is 899. The molecule has 33 heavy (non-hydrogen) atoms. The smallest absolute Gasteiger partial charge is 0.240 e. The first-order valence-corrected chi connectivity index (χ1v) is 13.3. The van der Waals surface area contributed by atoms with Gasteiger partial charge in [-0.25, -0.2) is 9.13 Å². The number of benzene rings is 2. The molecule has 2 atom stereocenters. The van der Waals surface area contributed by atoms with Gasteiger partial charge in [0.25, 0.3) is 0 Å². The second kappa shape index (κ2) is 13.4. The van der Waals surface area contributed by atoms with Crippen LogP contribution in [0.25, 0.3) is 0 Å². The van der Waals surface area contributed by atoms with Gasteiger partial charge in [-0.3, -0.25) is 0 Å². The predicted octanol–water partition coefficient (Wildman–Crippen LogP) is 7.98. The Morgan fingerprint density at radius 1 is 0.788 bits per heavy atom. The third kappa shape index (κ3) is 7.59. The molecular weight excluding hydrogens is 400 g/mol. The van der Waals surface area contributed by atoms with Crippen LogP contribution in [-0.4, -0.2) is 4.57 Å². The van der Waals surface area contributed by atoms with E-state index in [0.717, 1.165) is 6.42 Å². The number of rotatable bonds is 15. The molecule has 0 spiro atoms. The summed E-state index contributed by atoms with van der Waals surface area (Å²) < 4.78 is 4.65. The summed E-state index contributed by atoms with van der Waals surface area (Å²) >= 11 is 0. The van der Waals surface area contributed by atoms with Crippen molar-refractivity contribution in [1.29, 1.82) is 0 Å². The molecule has 0 fully saturated rings. The van der Waals surface area contributed by atoms with E-state index in [0.29, 0.717) is 6.04 Å². The van der Waals surface area contributed by atoms with Crippen LogP contribution in [-0.2, 0) is 18.9 Å². The van der Waals surface area contributed by atoms with E-state index in [2.05, 4.69) is 109 Å². The van der Waals surface area contributed by atoms with Crippen molar-refractivity contribution in [2.45, 2.75) is 95.9 Å². The Morgan fingerprint density at radius 2 is 1.36 bits per heavy atom. The molecule has 0 amide bonds. The van der Waals surface area contributed by atoms with Crippen LogP contribution >= 0.6 is 0 Å². The van der Waals surface area contributed by atoms with Gasteiger partial charge in [-0.2, -0.15) is 0 Å². The topological polar surface area (TPSA) is 8.81 Å². The zero-order valence-corrected chi connectivity index (χ0v) is 21.3. The third-order valence-electron chi connectivity index (χ3n) is 7.31. The molecule has 2 unspecified atom stereocenters. The van der Waals surface area contributed by atoms with Crippen molar-refractivity contribution in [3.8, 4) is 0 Å². The number of aryl methyl sites for hydroxylation is 1. The minimum atomic E-state index is 0.0226. The maximum atomic E-state index is 2.48. The highest BCUT2D eigenvalue weighted by Gasteiger charge is 2.40. The first-order chi connectivity index (χ1) is 16.1. The lowest BCUT2D eigenvalue weighted by molar-refractivity contribution is -0.671. The second-order valence-corrected chi connectivity index (χ2v) is 10.1. The summed E-state index contributed by atoms with van der Waals surface area (Å²) in [5, 5.41) is 0. The molecule has 0 radical (unpaired) electrons. The van der Waals surface area contributed by atoms with Crippen molar-refractivity contribution < 1.29 is 4.57 Å². The fourth-order valence-corrected chi connectivity index (χ4v) is 5.35.